The Morgan fingerprint density at radius 1 is 0.938 bits per heavy atom. The van der Waals surface area contributed by atoms with E-state index in [0.29, 0.717) is 5.69 Å². The van der Waals surface area contributed by atoms with Gasteiger partial charge in [-0.15, -0.1) is 0 Å². The number of nitrogens with one attached hydrogen (secondary N) is 2. The maximum absolute atomic E-state index is 12.3. The van der Waals surface area contributed by atoms with E-state index in [1.165, 1.54) is 4.90 Å². The average molecular weight is 431 g/mol. The Bertz CT molecular complexity index is 1040. The molecule has 32 heavy (non-hydrogen) atoms. The molecule has 164 valence electrons. The summed E-state index contributed by atoms with van der Waals surface area (Å²) >= 11 is 0. The Morgan fingerprint density at radius 3 is 2.22 bits per heavy atom. The summed E-state index contributed by atoms with van der Waals surface area (Å²) in [6.45, 7) is 0.427. The van der Waals surface area contributed by atoms with Gasteiger partial charge >= 0.3 is 6.09 Å². The zero-order valence-corrected chi connectivity index (χ0v) is 17.5. The summed E-state index contributed by atoms with van der Waals surface area (Å²) in [7, 11) is 0. The van der Waals surface area contributed by atoms with Crippen LogP contribution in [0.2, 0.25) is 0 Å². The van der Waals surface area contributed by atoms with Crippen molar-refractivity contribution in [3.05, 3.63) is 90.5 Å². The summed E-state index contributed by atoms with van der Waals surface area (Å²) in [5.74, 6) is -0.144. The number of carbonyl (C=O) groups is 2. The molecule has 3 aromatic rings. The van der Waals surface area contributed by atoms with Crippen LogP contribution in [0.3, 0.4) is 0 Å². The van der Waals surface area contributed by atoms with E-state index in [9.17, 15) is 14.7 Å². The van der Waals surface area contributed by atoms with Crippen molar-refractivity contribution < 1.29 is 19.4 Å². The maximum atomic E-state index is 12.3. The molecule has 1 aliphatic rings. The monoisotopic (exact) mass is 431 g/mol. The molecule has 2 amide bonds. The molecule has 0 bridgehead atoms. The number of hydrogen-bond donors (Lipinski definition) is 3. The summed E-state index contributed by atoms with van der Waals surface area (Å²) in [4.78, 5) is 26.1. The number of ether oxygens (including phenoxy) is 1. The highest BCUT2D eigenvalue weighted by Crippen LogP contribution is 2.22. The predicted molar refractivity (Wildman–Crippen MR) is 123 cm³/mol. The minimum absolute atomic E-state index is 0.106. The fourth-order valence-corrected chi connectivity index (χ4v) is 3.60. The molecule has 4 rings (SSSR count). The smallest absolute Gasteiger partial charge is 0.411 e. The van der Waals surface area contributed by atoms with Crippen LogP contribution in [0.1, 0.15) is 18.1 Å². The van der Waals surface area contributed by atoms with Crippen LogP contribution in [0.4, 0.5) is 21.9 Å². The molecule has 7 nitrogen and oxygen atoms in total. The van der Waals surface area contributed by atoms with Gasteiger partial charge < -0.3 is 20.1 Å². The molecular weight excluding hydrogens is 406 g/mol. The second kappa shape index (κ2) is 9.98. The Kier molecular flexibility index (Phi) is 6.67. The number of benzene rings is 3. The first kappa shape index (κ1) is 21.4. The summed E-state index contributed by atoms with van der Waals surface area (Å²) in [6.07, 6.45) is -1.84. The Balaban J connectivity index is 1.25. The number of aliphatic hydroxyl groups excluding tert-OH is 1. The molecule has 0 aliphatic carbocycles. The van der Waals surface area contributed by atoms with Crippen molar-refractivity contribution in [2.75, 3.05) is 23.7 Å². The van der Waals surface area contributed by atoms with Crippen molar-refractivity contribution in [3.8, 4) is 0 Å². The number of amides is 2. The third-order valence-corrected chi connectivity index (χ3v) is 5.22. The fraction of sp³-hybridized carbons (Fsp3) is 0.200. The van der Waals surface area contributed by atoms with Gasteiger partial charge in [0.05, 0.1) is 25.6 Å². The van der Waals surface area contributed by atoms with Gasteiger partial charge in [-0.3, -0.25) is 10.1 Å². The number of hydrogen-bond acceptors (Lipinski definition) is 5. The van der Waals surface area contributed by atoms with Crippen molar-refractivity contribution >= 4 is 29.1 Å². The van der Waals surface area contributed by atoms with Crippen molar-refractivity contribution in [2.24, 2.45) is 0 Å². The van der Waals surface area contributed by atoms with Gasteiger partial charge in [0.1, 0.15) is 6.10 Å². The van der Waals surface area contributed by atoms with Gasteiger partial charge in [-0.1, -0.05) is 48.5 Å². The lowest BCUT2D eigenvalue weighted by atomic mass is 10.1. The molecule has 2 unspecified atom stereocenters. The van der Waals surface area contributed by atoms with Gasteiger partial charge in [0.15, 0.2) is 0 Å². The SMILES string of the molecule is O=C(Nc1ccc(Nc2ccccc2)cc1)OC1CC(=O)N(CC(O)c2ccccc2)C1. The number of likely N-dealkylation sites (tertiary alicyclic amines) is 1. The molecule has 0 aromatic heterocycles. The van der Waals surface area contributed by atoms with Crippen LogP contribution in [-0.4, -0.2) is 41.2 Å². The normalized spacial score (nSPS) is 16.5. The topological polar surface area (TPSA) is 90.9 Å². The summed E-state index contributed by atoms with van der Waals surface area (Å²) in [5, 5.41) is 16.3. The van der Waals surface area contributed by atoms with Gasteiger partial charge in [-0.2, -0.15) is 0 Å². The van der Waals surface area contributed by atoms with Crippen LogP contribution in [-0.2, 0) is 9.53 Å². The maximum Gasteiger partial charge on any atom is 0.411 e. The standard InChI is InChI=1S/C25H25N3O4/c29-23(18-7-3-1-4-8-18)17-28-16-22(15-24(28)30)32-25(31)27-21-13-11-20(12-14-21)26-19-9-5-2-6-10-19/h1-14,22-23,26,29H,15-17H2,(H,27,31). The summed E-state index contributed by atoms with van der Waals surface area (Å²) < 4.78 is 5.42. The first-order valence-corrected chi connectivity index (χ1v) is 10.5. The van der Waals surface area contributed by atoms with Crippen molar-refractivity contribution in [1.82, 2.24) is 4.90 Å². The quantitative estimate of drug-likeness (QED) is 0.519. The molecule has 0 spiro atoms. The van der Waals surface area contributed by atoms with E-state index < -0.39 is 18.3 Å². The summed E-state index contributed by atoms with van der Waals surface area (Å²) in [6, 6.07) is 26.2. The van der Waals surface area contributed by atoms with Crippen LogP contribution in [0.15, 0.2) is 84.9 Å². The minimum Gasteiger partial charge on any atom is -0.444 e. The molecular formula is C25H25N3O4. The van der Waals surface area contributed by atoms with Gasteiger partial charge in [-0.05, 0) is 42.0 Å². The lowest BCUT2D eigenvalue weighted by Crippen LogP contribution is -2.31. The second-order valence-corrected chi connectivity index (χ2v) is 7.65. The molecule has 0 radical (unpaired) electrons. The number of carbonyl (C=O) groups excluding carboxylic acids is 2. The molecule has 7 heteroatoms. The average Bonchev–Trinajstić information content (AvgIpc) is 3.14. The van der Waals surface area contributed by atoms with E-state index in [1.54, 1.807) is 12.1 Å². The molecule has 3 aromatic carbocycles. The fourth-order valence-electron chi connectivity index (χ4n) is 3.60. The first-order chi connectivity index (χ1) is 15.6. The Labute approximate surface area is 186 Å². The first-order valence-electron chi connectivity index (χ1n) is 10.5. The zero-order chi connectivity index (χ0) is 22.3. The second-order valence-electron chi connectivity index (χ2n) is 7.65. The van der Waals surface area contributed by atoms with Crippen LogP contribution in [0, 0.1) is 0 Å². The summed E-state index contributed by atoms with van der Waals surface area (Å²) in [5.41, 5.74) is 3.20. The van der Waals surface area contributed by atoms with E-state index in [1.807, 2.05) is 72.8 Å². The minimum atomic E-state index is -0.782. The van der Waals surface area contributed by atoms with Crippen LogP contribution < -0.4 is 10.6 Å². The van der Waals surface area contributed by atoms with Crippen LogP contribution in [0.25, 0.3) is 0 Å². The molecule has 1 saturated heterocycles. The lowest BCUT2D eigenvalue weighted by Gasteiger charge is -2.20. The molecule has 1 fully saturated rings. The number of rotatable bonds is 7. The third-order valence-electron chi connectivity index (χ3n) is 5.22. The van der Waals surface area contributed by atoms with Gasteiger partial charge in [0, 0.05) is 17.1 Å². The number of aliphatic hydroxyl groups is 1. The van der Waals surface area contributed by atoms with Crippen LogP contribution >= 0.6 is 0 Å². The predicted octanol–water partition coefficient (Wildman–Crippen LogP) is 4.31. The number of para-hydroxylation sites is 1. The number of β-amino-alcohol motifs (C(OH)–C–C–N with tert-alkyl or cyclic N) is 1. The van der Waals surface area contributed by atoms with Gasteiger partial charge in [0.2, 0.25) is 5.91 Å². The van der Waals surface area contributed by atoms with E-state index >= 15 is 0 Å². The van der Waals surface area contributed by atoms with Gasteiger partial charge in [-0.25, -0.2) is 4.79 Å². The molecule has 3 N–H and O–H groups in total. The zero-order valence-electron chi connectivity index (χ0n) is 17.5. The van der Waals surface area contributed by atoms with Crippen molar-refractivity contribution in [1.29, 1.82) is 0 Å². The van der Waals surface area contributed by atoms with E-state index in [2.05, 4.69) is 10.6 Å². The molecule has 1 heterocycles. The van der Waals surface area contributed by atoms with Gasteiger partial charge in [0.25, 0.3) is 0 Å². The highest BCUT2D eigenvalue weighted by molar-refractivity contribution is 5.86. The molecule has 1 aliphatic heterocycles. The Morgan fingerprint density at radius 2 is 1.53 bits per heavy atom. The lowest BCUT2D eigenvalue weighted by molar-refractivity contribution is -0.129. The Hall–Kier alpha value is -3.84. The van der Waals surface area contributed by atoms with Crippen molar-refractivity contribution in [2.45, 2.75) is 18.6 Å². The highest BCUT2D eigenvalue weighted by Gasteiger charge is 2.33. The van der Waals surface area contributed by atoms with E-state index in [0.717, 1.165) is 16.9 Å². The van der Waals surface area contributed by atoms with E-state index in [-0.39, 0.29) is 25.4 Å². The largest absolute Gasteiger partial charge is 0.444 e. The highest BCUT2D eigenvalue weighted by atomic mass is 16.6. The number of nitrogens with zero attached hydrogens (tertiary/aromatic N) is 1. The van der Waals surface area contributed by atoms with Crippen molar-refractivity contribution in [3.63, 3.8) is 0 Å². The number of anilines is 3. The third kappa shape index (κ3) is 5.65. The molecule has 0 saturated carbocycles. The van der Waals surface area contributed by atoms with E-state index in [4.69, 9.17) is 4.74 Å². The molecule has 2 atom stereocenters. The van der Waals surface area contributed by atoms with Crippen LogP contribution in [0.5, 0.6) is 0 Å².